The van der Waals surface area contributed by atoms with Gasteiger partial charge in [-0.05, 0) is 55.9 Å². The van der Waals surface area contributed by atoms with Gasteiger partial charge in [0.05, 0.1) is 24.0 Å². The third kappa shape index (κ3) is 3.72. The Morgan fingerprint density at radius 1 is 1.14 bits per heavy atom. The van der Waals surface area contributed by atoms with Crippen molar-refractivity contribution >= 4 is 34.2 Å². The predicted molar refractivity (Wildman–Crippen MR) is 110 cm³/mol. The van der Waals surface area contributed by atoms with Gasteiger partial charge in [0.1, 0.15) is 5.00 Å². The Morgan fingerprint density at radius 2 is 1.86 bits per heavy atom. The van der Waals surface area contributed by atoms with Crippen LogP contribution < -0.4 is 5.32 Å². The van der Waals surface area contributed by atoms with E-state index in [9.17, 15) is 19.5 Å². The fourth-order valence-electron chi connectivity index (χ4n) is 5.03. The van der Waals surface area contributed by atoms with Crippen LogP contribution in [0.15, 0.2) is 12.2 Å². The number of nitrogens with one attached hydrogen (secondary N) is 1. The number of carbonyl (C=O) groups is 3. The van der Waals surface area contributed by atoms with Crippen LogP contribution in [0.5, 0.6) is 0 Å². The SMILES string of the molecule is CCCOC(=O)c1c(NC(=O)[C@@H]2[C@@H](C(=O)O)[C@H]3C=C[C@@H]2C3)sc2c1CCCCC2. The van der Waals surface area contributed by atoms with E-state index in [1.165, 1.54) is 11.3 Å². The number of carboxylic acids is 1. The topological polar surface area (TPSA) is 92.7 Å². The molecule has 3 aliphatic carbocycles. The average molecular weight is 418 g/mol. The first-order valence-corrected chi connectivity index (χ1v) is 11.4. The number of hydrogen-bond donors (Lipinski definition) is 2. The Bertz CT molecular complexity index is 858. The van der Waals surface area contributed by atoms with E-state index in [1.807, 2.05) is 19.1 Å². The normalized spacial score (nSPS) is 27.3. The Hall–Kier alpha value is -2.15. The monoisotopic (exact) mass is 417 g/mol. The third-order valence-corrected chi connectivity index (χ3v) is 7.55. The molecule has 4 atom stereocenters. The van der Waals surface area contributed by atoms with E-state index in [4.69, 9.17) is 4.74 Å². The van der Waals surface area contributed by atoms with Crippen molar-refractivity contribution in [3.8, 4) is 0 Å². The summed E-state index contributed by atoms with van der Waals surface area (Å²) in [6, 6.07) is 0. The second-order valence-corrected chi connectivity index (χ2v) is 9.34. The maximum Gasteiger partial charge on any atom is 0.341 e. The highest BCUT2D eigenvalue weighted by molar-refractivity contribution is 7.17. The second kappa shape index (κ2) is 8.30. The fourth-order valence-corrected chi connectivity index (χ4v) is 6.31. The molecule has 1 heterocycles. The van der Waals surface area contributed by atoms with Gasteiger partial charge in [0.15, 0.2) is 0 Å². The number of rotatable bonds is 6. The molecule has 0 saturated heterocycles. The molecule has 0 aromatic carbocycles. The van der Waals surface area contributed by atoms with Crippen LogP contribution in [0.25, 0.3) is 0 Å². The zero-order chi connectivity index (χ0) is 20.5. The highest BCUT2D eigenvalue weighted by Crippen LogP contribution is 2.49. The Morgan fingerprint density at radius 3 is 2.59 bits per heavy atom. The van der Waals surface area contributed by atoms with E-state index < -0.39 is 17.8 Å². The minimum Gasteiger partial charge on any atom is -0.481 e. The molecular weight excluding hydrogens is 390 g/mol. The zero-order valence-corrected chi connectivity index (χ0v) is 17.4. The van der Waals surface area contributed by atoms with Gasteiger partial charge in [-0.3, -0.25) is 9.59 Å². The number of carbonyl (C=O) groups excluding carboxylic acids is 2. The average Bonchev–Trinajstić information content (AvgIpc) is 3.35. The van der Waals surface area contributed by atoms with E-state index in [1.54, 1.807) is 0 Å². The molecule has 1 amide bonds. The first-order chi connectivity index (χ1) is 14.0. The number of aliphatic carboxylic acids is 1. The Labute approximate surface area is 174 Å². The molecule has 0 spiro atoms. The number of hydrogen-bond acceptors (Lipinski definition) is 5. The maximum absolute atomic E-state index is 13.1. The summed E-state index contributed by atoms with van der Waals surface area (Å²) in [7, 11) is 0. The fraction of sp³-hybridized carbons (Fsp3) is 0.591. The number of anilines is 1. The molecule has 1 fully saturated rings. The van der Waals surface area contributed by atoms with Gasteiger partial charge in [-0.2, -0.15) is 0 Å². The van der Waals surface area contributed by atoms with E-state index in [2.05, 4.69) is 5.32 Å². The smallest absolute Gasteiger partial charge is 0.341 e. The number of allylic oxidation sites excluding steroid dienone is 2. The molecule has 2 N–H and O–H groups in total. The van der Waals surface area contributed by atoms with Gasteiger partial charge in [0, 0.05) is 4.88 Å². The van der Waals surface area contributed by atoms with Gasteiger partial charge >= 0.3 is 11.9 Å². The first kappa shape index (κ1) is 20.1. The van der Waals surface area contributed by atoms with E-state index in [-0.39, 0.29) is 23.7 Å². The van der Waals surface area contributed by atoms with Crippen LogP contribution >= 0.6 is 11.3 Å². The number of carboxylic acid groups (broad SMARTS) is 1. The van der Waals surface area contributed by atoms with Crippen molar-refractivity contribution in [2.45, 2.75) is 51.9 Å². The highest BCUT2D eigenvalue weighted by Gasteiger charge is 2.51. The van der Waals surface area contributed by atoms with Gasteiger partial charge in [0.25, 0.3) is 0 Å². The summed E-state index contributed by atoms with van der Waals surface area (Å²) < 4.78 is 5.41. The number of aryl methyl sites for hydroxylation is 1. The molecule has 0 radical (unpaired) electrons. The molecule has 0 aliphatic heterocycles. The number of fused-ring (bicyclic) bond motifs is 3. The van der Waals surface area contributed by atoms with Gasteiger partial charge in [0.2, 0.25) is 5.91 Å². The molecule has 29 heavy (non-hydrogen) atoms. The Balaban J connectivity index is 1.62. The standard InChI is InChI=1S/C22H27NO5S/c1-2-10-28-22(27)18-14-6-4-3-5-7-15(14)29-20(18)23-19(24)16-12-8-9-13(11-12)17(16)21(25)26/h8-9,12-13,16-17H,2-7,10-11H2,1H3,(H,23,24)(H,25,26)/t12-,13+,16+,17+/m1/s1. The molecule has 3 aliphatic rings. The second-order valence-electron chi connectivity index (χ2n) is 8.23. The summed E-state index contributed by atoms with van der Waals surface area (Å²) in [4.78, 5) is 38.8. The molecule has 6 nitrogen and oxygen atoms in total. The number of ether oxygens (including phenoxy) is 1. The summed E-state index contributed by atoms with van der Waals surface area (Å²) in [6.45, 7) is 2.29. The minimum absolute atomic E-state index is 0.0469. The van der Waals surface area contributed by atoms with Crippen molar-refractivity contribution in [1.82, 2.24) is 0 Å². The van der Waals surface area contributed by atoms with Crippen molar-refractivity contribution < 1.29 is 24.2 Å². The maximum atomic E-state index is 13.1. The Kier molecular flexibility index (Phi) is 5.76. The lowest BCUT2D eigenvalue weighted by Crippen LogP contribution is -2.36. The predicted octanol–water partition coefficient (Wildman–Crippen LogP) is 4.05. The quantitative estimate of drug-likeness (QED) is 0.414. The molecule has 7 heteroatoms. The van der Waals surface area contributed by atoms with Gasteiger partial charge in [-0.1, -0.05) is 25.5 Å². The third-order valence-electron chi connectivity index (χ3n) is 6.35. The van der Waals surface area contributed by atoms with Crippen molar-refractivity contribution in [2.75, 3.05) is 11.9 Å². The largest absolute Gasteiger partial charge is 0.481 e. The molecule has 156 valence electrons. The van der Waals surface area contributed by atoms with Crippen LogP contribution in [0, 0.1) is 23.7 Å². The van der Waals surface area contributed by atoms with Crippen molar-refractivity contribution in [3.63, 3.8) is 0 Å². The van der Waals surface area contributed by atoms with Crippen LogP contribution in [0.3, 0.4) is 0 Å². The van der Waals surface area contributed by atoms with Crippen LogP contribution in [0.4, 0.5) is 5.00 Å². The summed E-state index contributed by atoms with van der Waals surface area (Å²) in [5.74, 6) is -3.02. The highest BCUT2D eigenvalue weighted by atomic mass is 32.1. The summed E-state index contributed by atoms with van der Waals surface area (Å²) >= 11 is 1.46. The van der Waals surface area contributed by atoms with Gasteiger partial charge < -0.3 is 15.2 Å². The van der Waals surface area contributed by atoms with Gasteiger partial charge in [-0.25, -0.2) is 4.79 Å². The summed E-state index contributed by atoms with van der Waals surface area (Å²) in [6.07, 6.45) is 10.3. The summed E-state index contributed by atoms with van der Waals surface area (Å²) in [5.41, 5.74) is 1.49. The van der Waals surface area contributed by atoms with Crippen LogP contribution in [-0.2, 0) is 27.2 Å². The number of amides is 1. The lowest BCUT2D eigenvalue weighted by Gasteiger charge is -2.23. The molecule has 4 rings (SSSR count). The lowest BCUT2D eigenvalue weighted by atomic mass is 9.82. The number of thiophene rings is 1. The molecular formula is C22H27NO5S. The van der Waals surface area contributed by atoms with E-state index >= 15 is 0 Å². The van der Waals surface area contributed by atoms with Crippen molar-refractivity contribution in [3.05, 3.63) is 28.2 Å². The molecule has 2 bridgehead atoms. The van der Waals surface area contributed by atoms with Crippen LogP contribution in [0.1, 0.15) is 59.8 Å². The van der Waals surface area contributed by atoms with E-state index in [0.717, 1.165) is 49.0 Å². The van der Waals surface area contributed by atoms with Crippen molar-refractivity contribution in [2.24, 2.45) is 23.7 Å². The minimum atomic E-state index is -0.924. The van der Waals surface area contributed by atoms with Crippen LogP contribution in [0.2, 0.25) is 0 Å². The van der Waals surface area contributed by atoms with Gasteiger partial charge in [-0.15, -0.1) is 11.3 Å². The first-order valence-electron chi connectivity index (χ1n) is 10.5. The molecule has 0 unspecified atom stereocenters. The number of esters is 1. The molecule has 1 aromatic rings. The molecule has 1 saturated carbocycles. The van der Waals surface area contributed by atoms with Crippen molar-refractivity contribution in [1.29, 1.82) is 0 Å². The summed E-state index contributed by atoms with van der Waals surface area (Å²) in [5, 5.41) is 13.1. The zero-order valence-electron chi connectivity index (χ0n) is 16.6. The lowest BCUT2D eigenvalue weighted by molar-refractivity contribution is -0.146. The van der Waals surface area contributed by atoms with E-state index in [0.29, 0.717) is 23.6 Å². The van der Waals surface area contributed by atoms with Crippen LogP contribution in [-0.4, -0.2) is 29.6 Å². The molecule has 1 aromatic heterocycles.